The second-order valence-electron chi connectivity index (χ2n) is 6.92. The Labute approximate surface area is 163 Å². The summed E-state index contributed by atoms with van der Waals surface area (Å²) in [5.74, 6) is 2.30. The van der Waals surface area contributed by atoms with E-state index in [0.717, 1.165) is 22.4 Å². The molecule has 7 nitrogen and oxygen atoms in total. The van der Waals surface area contributed by atoms with Gasteiger partial charge in [-0.1, -0.05) is 6.07 Å². The number of nitrogens with one attached hydrogen (secondary N) is 1. The highest BCUT2D eigenvalue weighted by Gasteiger charge is 2.28. The van der Waals surface area contributed by atoms with E-state index in [4.69, 9.17) is 14.2 Å². The predicted octanol–water partition coefficient (Wildman–Crippen LogP) is 2.92. The van der Waals surface area contributed by atoms with Crippen LogP contribution in [-0.2, 0) is 4.79 Å². The summed E-state index contributed by atoms with van der Waals surface area (Å²) in [6.45, 7) is 2.64. The molecule has 0 saturated carbocycles. The first-order valence-electron chi connectivity index (χ1n) is 9.22. The standard InChI is InChI=1S/C21H23N3O4/c1-13(15-10-21(25)22-11-15)28-19-9-16(12-24-17(19)6-7-23-24)14-4-5-18(26-2)20(8-14)27-3/h4-9,12-13,15H,10-11H2,1-3H3,(H,22,25)/t13-,15-/m1/s1. The number of benzene rings is 1. The summed E-state index contributed by atoms with van der Waals surface area (Å²) in [5.41, 5.74) is 2.79. The molecule has 2 aromatic heterocycles. The van der Waals surface area contributed by atoms with E-state index in [-0.39, 0.29) is 17.9 Å². The van der Waals surface area contributed by atoms with E-state index in [1.54, 1.807) is 24.9 Å². The number of hydrogen-bond acceptors (Lipinski definition) is 5. The molecule has 28 heavy (non-hydrogen) atoms. The summed E-state index contributed by atoms with van der Waals surface area (Å²) in [4.78, 5) is 11.5. The number of carbonyl (C=O) groups is 1. The number of nitrogens with zero attached hydrogens (tertiary/aromatic N) is 2. The molecule has 3 aromatic rings. The van der Waals surface area contributed by atoms with Gasteiger partial charge in [-0.05, 0) is 36.8 Å². The van der Waals surface area contributed by atoms with Crippen molar-refractivity contribution in [2.24, 2.45) is 5.92 Å². The Hall–Kier alpha value is -3.22. The topological polar surface area (TPSA) is 74.1 Å². The van der Waals surface area contributed by atoms with Crippen LogP contribution in [0.5, 0.6) is 17.2 Å². The monoisotopic (exact) mass is 381 g/mol. The van der Waals surface area contributed by atoms with Gasteiger partial charge in [0.1, 0.15) is 17.4 Å². The lowest BCUT2D eigenvalue weighted by Gasteiger charge is -2.21. The summed E-state index contributed by atoms with van der Waals surface area (Å²) in [6, 6.07) is 9.69. The molecule has 3 heterocycles. The van der Waals surface area contributed by atoms with Crippen LogP contribution in [0.2, 0.25) is 0 Å². The van der Waals surface area contributed by atoms with Crippen molar-refractivity contribution in [3.05, 3.63) is 42.7 Å². The molecule has 1 aliphatic rings. The largest absolute Gasteiger partial charge is 0.493 e. The van der Waals surface area contributed by atoms with Crippen molar-refractivity contribution in [1.29, 1.82) is 0 Å². The van der Waals surface area contributed by atoms with Crippen LogP contribution in [0.25, 0.3) is 16.6 Å². The highest BCUT2D eigenvalue weighted by atomic mass is 16.5. The fraction of sp³-hybridized carbons (Fsp3) is 0.333. The molecule has 0 bridgehead atoms. The molecule has 1 fully saturated rings. The molecule has 1 amide bonds. The molecule has 7 heteroatoms. The van der Waals surface area contributed by atoms with Gasteiger partial charge in [0.05, 0.1) is 20.4 Å². The molecule has 4 rings (SSSR count). The summed E-state index contributed by atoms with van der Waals surface area (Å²) >= 11 is 0. The summed E-state index contributed by atoms with van der Waals surface area (Å²) in [6.07, 6.45) is 4.09. The Morgan fingerprint density at radius 3 is 2.61 bits per heavy atom. The second-order valence-corrected chi connectivity index (χ2v) is 6.92. The van der Waals surface area contributed by atoms with Crippen LogP contribution < -0.4 is 19.5 Å². The molecule has 0 aliphatic carbocycles. The first kappa shape index (κ1) is 18.2. The van der Waals surface area contributed by atoms with Crippen molar-refractivity contribution in [2.45, 2.75) is 19.4 Å². The minimum atomic E-state index is -0.0988. The number of ether oxygens (including phenoxy) is 3. The Bertz CT molecular complexity index is 1010. The first-order valence-corrected chi connectivity index (χ1v) is 9.22. The van der Waals surface area contributed by atoms with Crippen molar-refractivity contribution in [2.75, 3.05) is 20.8 Å². The van der Waals surface area contributed by atoms with Gasteiger partial charge in [-0.3, -0.25) is 4.79 Å². The zero-order chi connectivity index (χ0) is 19.7. The third-order valence-corrected chi connectivity index (χ3v) is 5.17. The Morgan fingerprint density at radius 2 is 1.89 bits per heavy atom. The molecule has 1 N–H and O–H groups in total. The average Bonchev–Trinajstić information content (AvgIpc) is 3.36. The lowest BCUT2D eigenvalue weighted by Crippen LogP contribution is -2.25. The van der Waals surface area contributed by atoms with Gasteiger partial charge in [-0.2, -0.15) is 5.10 Å². The van der Waals surface area contributed by atoms with Gasteiger partial charge < -0.3 is 19.5 Å². The van der Waals surface area contributed by atoms with Gasteiger partial charge in [-0.25, -0.2) is 4.52 Å². The fourth-order valence-corrected chi connectivity index (χ4v) is 3.52. The number of hydrogen-bond donors (Lipinski definition) is 1. The highest BCUT2D eigenvalue weighted by Crippen LogP contribution is 2.35. The number of pyridine rings is 1. The molecule has 0 radical (unpaired) electrons. The molecular weight excluding hydrogens is 358 g/mol. The van der Waals surface area contributed by atoms with Crippen LogP contribution in [0.3, 0.4) is 0 Å². The molecular formula is C21H23N3O4. The SMILES string of the molecule is COc1ccc(-c2cc(O[C@H](C)[C@H]3CNC(=O)C3)c3ccnn3c2)cc1OC. The van der Waals surface area contributed by atoms with E-state index in [1.807, 2.05) is 43.5 Å². The first-order chi connectivity index (χ1) is 13.6. The van der Waals surface area contributed by atoms with Crippen molar-refractivity contribution in [3.63, 3.8) is 0 Å². The van der Waals surface area contributed by atoms with Gasteiger partial charge in [0.25, 0.3) is 0 Å². The molecule has 2 atom stereocenters. The van der Waals surface area contributed by atoms with E-state index in [9.17, 15) is 4.79 Å². The second kappa shape index (κ2) is 7.42. The van der Waals surface area contributed by atoms with E-state index >= 15 is 0 Å². The Kier molecular flexibility index (Phi) is 4.81. The lowest BCUT2D eigenvalue weighted by molar-refractivity contribution is -0.119. The summed E-state index contributed by atoms with van der Waals surface area (Å²) in [7, 11) is 3.23. The van der Waals surface area contributed by atoms with Gasteiger partial charge in [-0.15, -0.1) is 0 Å². The normalized spacial score (nSPS) is 17.4. The van der Waals surface area contributed by atoms with Gasteiger partial charge >= 0.3 is 0 Å². The smallest absolute Gasteiger partial charge is 0.220 e. The van der Waals surface area contributed by atoms with Gasteiger partial charge in [0.2, 0.25) is 5.91 Å². The Balaban J connectivity index is 1.70. The van der Waals surface area contributed by atoms with E-state index in [1.165, 1.54) is 0 Å². The van der Waals surface area contributed by atoms with Crippen molar-refractivity contribution in [1.82, 2.24) is 14.9 Å². The minimum Gasteiger partial charge on any atom is -0.493 e. The van der Waals surface area contributed by atoms with Crippen LogP contribution in [0.1, 0.15) is 13.3 Å². The van der Waals surface area contributed by atoms with E-state index in [0.29, 0.717) is 24.5 Å². The molecule has 1 aliphatic heterocycles. The highest BCUT2D eigenvalue weighted by molar-refractivity contribution is 5.78. The van der Waals surface area contributed by atoms with Crippen molar-refractivity contribution >= 4 is 11.4 Å². The number of amides is 1. The third kappa shape index (κ3) is 3.35. The van der Waals surface area contributed by atoms with Crippen LogP contribution in [-0.4, -0.2) is 42.4 Å². The minimum absolute atomic E-state index is 0.0778. The zero-order valence-corrected chi connectivity index (χ0v) is 16.1. The molecule has 0 spiro atoms. The van der Waals surface area contributed by atoms with Crippen LogP contribution >= 0.6 is 0 Å². The fourth-order valence-electron chi connectivity index (χ4n) is 3.52. The third-order valence-electron chi connectivity index (χ3n) is 5.17. The van der Waals surface area contributed by atoms with Gasteiger partial charge in [0, 0.05) is 30.6 Å². The quantitative estimate of drug-likeness (QED) is 0.711. The average molecular weight is 381 g/mol. The molecule has 146 valence electrons. The molecule has 0 unspecified atom stereocenters. The predicted molar refractivity (Wildman–Crippen MR) is 105 cm³/mol. The zero-order valence-electron chi connectivity index (χ0n) is 16.1. The maximum Gasteiger partial charge on any atom is 0.220 e. The number of methoxy groups -OCH3 is 2. The van der Waals surface area contributed by atoms with E-state index < -0.39 is 0 Å². The Morgan fingerprint density at radius 1 is 1.11 bits per heavy atom. The number of aromatic nitrogens is 2. The van der Waals surface area contributed by atoms with Gasteiger partial charge in [0.15, 0.2) is 11.5 Å². The number of rotatable bonds is 6. The summed E-state index contributed by atoms with van der Waals surface area (Å²) < 4.78 is 18.8. The number of fused-ring (bicyclic) bond motifs is 1. The molecule has 1 saturated heterocycles. The van der Waals surface area contributed by atoms with Crippen LogP contribution in [0.15, 0.2) is 42.7 Å². The van der Waals surface area contributed by atoms with Crippen LogP contribution in [0, 0.1) is 5.92 Å². The lowest BCUT2D eigenvalue weighted by atomic mass is 10.0. The number of carbonyl (C=O) groups excluding carboxylic acids is 1. The van der Waals surface area contributed by atoms with Crippen molar-refractivity contribution in [3.8, 4) is 28.4 Å². The maximum absolute atomic E-state index is 11.5. The van der Waals surface area contributed by atoms with E-state index in [2.05, 4.69) is 10.4 Å². The molecule has 1 aromatic carbocycles. The van der Waals surface area contributed by atoms with Crippen molar-refractivity contribution < 1.29 is 19.0 Å². The summed E-state index contributed by atoms with van der Waals surface area (Å²) in [5, 5.41) is 7.24. The van der Waals surface area contributed by atoms with Crippen LogP contribution in [0.4, 0.5) is 0 Å². The maximum atomic E-state index is 11.5.